The number of hydrogen-bond donors (Lipinski definition) is 1. The molecule has 0 bridgehead atoms. The van der Waals surface area contributed by atoms with Crippen molar-refractivity contribution in [1.82, 2.24) is 15.4 Å². The van der Waals surface area contributed by atoms with Crippen molar-refractivity contribution in [2.75, 3.05) is 0 Å². The zero-order valence-corrected chi connectivity index (χ0v) is 11.9. The van der Waals surface area contributed by atoms with Gasteiger partial charge in [0.25, 0.3) is 0 Å². The molecule has 3 rings (SSSR count). The summed E-state index contributed by atoms with van der Waals surface area (Å²) in [5.74, 6) is 0.0140. The molecule has 0 aliphatic heterocycles. The lowest BCUT2D eigenvalue weighted by atomic mass is 9.95. The number of Topliss-reactive ketones (excluding diaryl/α,β-unsaturated/α-hetero) is 1. The van der Waals surface area contributed by atoms with Crippen LogP contribution in [-0.2, 0) is 0 Å². The van der Waals surface area contributed by atoms with Crippen molar-refractivity contribution in [2.45, 2.75) is 6.92 Å². The summed E-state index contributed by atoms with van der Waals surface area (Å²) in [6.45, 7) is 1.55. The number of nitriles is 1. The molecule has 1 N–H and O–H groups in total. The van der Waals surface area contributed by atoms with Crippen molar-refractivity contribution in [3.63, 3.8) is 0 Å². The summed E-state index contributed by atoms with van der Waals surface area (Å²) in [5.41, 5.74) is 3.96. The lowest BCUT2D eigenvalue weighted by Crippen LogP contribution is -1.95. The number of carbonyl (C=O) groups is 1. The third kappa shape index (κ3) is 2.38. The number of hydrogen-bond acceptors (Lipinski definition) is 4. The van der Waals surface area contributed by atoms with Gasteiger partial charge in [0.1, 0.15) is 11.8 Å². The molecule has 22 heavy (non-hydrogen) atoms. The topological polar surface area (TPSA) is 82.4 Å². The summed E-state index contributed by atoms with van der Waals surface area (Å²) >= 11 is 0. The first kappa shape index (κ1) is 13.7. The van der Waals surface area contributed by atoms with Gasteiger partial charge in [-0.2, -0.15) is 15.6 Å². The van der Waals surface area contributed by atoms with Gasteiger partial charge in [-0.15, -0.1) is 5.10 Å². The van der Waals surface area contributed by atoms with Gasteiger partial charge in [-0.3, -0.25) is 4.79 Å². The summed E-state index contributed by atoms with van der Waals surface area (Å²) in [5, 5.41) is 19.3. The van der Waals surface area contributed by atoms with Gasteiger partial charge in [-0.05, 0) is 24.1 Å². The molecular weight excluding hydrogens is 276 g/mol. The number of aromatic amines is 1. The molecule has 0 atom stereocenters. The predicted octanol–water partition coefficient (Wildman–Crippen LogP) is 3.21. The summed E-state index contributed by atoms with van der Waals surface area (Å²) in [6.07, 6.45) is 0. The Balaban J connectivity index is 2.14. The molecule has 106 valence electrons. The molecular formula is C17H12N4O. The van der Waals surface area contributed by atoms with Crippen LogP contribution in [0.25, 0.3) is 22.4 Å². The van der Waals surface area contributed by atoms with Crippen LogP contribution in [-0.4, -0.2) is 21.2 Å². The summed E-state index contributed by atoms with van der Waals surface area (Å²) in [4.78, 5) is 11.8. The molecule has 0 radical (unpaired) electrons. The van der Waals surface area contributed by atoms with Crippen LogP contribution < -0.4 is 0 Å². The Hall–Kier alpha value is -3.26. The molecule has 0 unspecified atom stereocenters. The molecule has 0 saturated heterocycles. The van der Waals surface area contributed by atoms with Gasteiger partial charge < -0.3 is 0 Å². The number of nitrogens with one attached hydrogen (secondary N) is 1. The van der Waals surface area contributed by atoms with Crippen molar-refractivity contribution in [3.05, 3.63) is 59.8 Å². The van der Waals surface area contributed by atoms with Crippen molar-refractivity contribution in [2.24, 2.45) is 0 Å². The Labute approximate surface area is 127 Å². The Morgan fingerprint density at radius 3 is 2.64 bits per heavy atom. The second-order valence-electron chi connectivity index (χ2n) is 4.82. The molecule has 0 amide bonds. The fourth-order valence-electron chi connectivity index (χ4n) is 2.39. The number of H-pyrrole nitrogens is 1. The average Bonchev–Trinajstić information content (AvgIpc) is 3.03. The van der Waals surface area contributed by atoms with E-state index in [-0.39, 0.29) is 11.5 Å². The molecule has 0 fully saturated rings. The van der Waals surface area contributed by atoms with Gasteiger partial charge in [-0.1, -0.05) is 42.5 Å². The summed E-state index contributed by atoms with van der Waals surface area (Å²) < 4.78 is 0. The summed E-state index contributed by atoms with van der Waals surface area (Å²) in [6, 6.07) is 17.0. The zero-order valence-electron chi connectivity index (χ0n) is 11.9. The highest BCUT2D eigenvalue weighted by Crippen LogP contribution is 2.28. The van der Waals surface area contributed by atoms with E-state index >= 15 is 0 Å². The number of carbonyl (C=O) groups excluding carboxylic acids is 1. The summed E-state index contributed by atoms with van der Waals surface area (Å²) in [7, 11) is 0. The van der Waals surface area contributed by atoms with E-state index in [1.54, 1.807) is 13.0 Å². The first-order valence-electron chi connectivity index (χ1n) is 6.72. The van der Waals surface area contributed by atoms with E-state index in [0.29, 0.717) is 11.3 Å². The lowest BCUT2D eigenvalue weighted by Gasteiger charge is -2.08. The van der Waals surface area contributed by atoms with Gasteiger partial charge in [0, 0.05) is 11.1 Å². The standard InChI is InChI=1S/C17H12N4O/c1-11(22)14-7-2-3-8-15(14)12-5-4-6-13(9-12)17-16(10-18)19-21-20-17/h2-9H,1H3,(H,19,20,21). The molecule has 1 heterocycles. The van der Waals surface area contributed by atoms with Crippen LogP contribution in [0.1, 0.15) is 23.0 Å². The maximum atomic E-state index is 11.8. The monoisotopic (exact) mass is 288 g/mol. The second-order valence-corrected chi connectivity index (χ2v) is 4.82. The minimum absolute atomic E-state index is 0.0140. The molecule has 0 spiro atoms. The van der Waals surface area contributed by atoms with Gasteiger partial charge in [0.2, 0.25) is 0 Å². The van der Waals surface area contributed by atoms with Gasteiger partial charge in [-0.25, -0.2) is 0 Å². The van der Waals surface area contributed by atoms with E-state index < -0.39 is 0 Å². The zero-order chi connectivity index (χ0) is 15.5. The number of rotatable bonds is 3. The molecule has 5 nitrogen and oxygen atoms in total. The van der Waals surface area contributed by atoms with Crippen LogP contribution in [0.4, 0.5) is 0 Å². The van der Waals surface area contributed by atoms with Crippen LogP contribution in [0, 0.1) is 11.3 Å². The van der Waals surface area contributed by atoms with Crippen LogP contribution in [0.5, 0.6) is 0 Å². The third-order valence-corrected chi connectivity index (χ3v) is 3.41. The smallest absolute Gasteiger partial charge is 0.190 e. The molecule has 0 aliphatic rings. The number of benzene rings is 2. The molecule has 0 aliphatic carbocycles. The number of aromatic nitrogens is 3. The fraction of sp³-hybridized carbons (Fsp3) is 0.0588. The SMILES string of the molecule is CC(=O)c1ccccc1-c1cccc(-c2n[nH]nc2C#N)c1. The van der Waals surface area contributed by atoms with Gasteiger partial charge >= 0.3 is 0 Å². The van der Waals surface area contributed by atoms with E-state index in [1.165, 1.54) is 0 Å². The van der Waals surface area contributed by atoms with E-state index in [1.807, 2.05) is 48.5 Å². The van der Waals surface area contributed by atoms with Crippen molar-refractivity contribution < 1.29 is 4.79 Å². The van der Waals surface area contributed by atoms with Crippen LogP contribution in [0.3, 0.4) is 0 Å². The highest BCUT2D eigenvalue weighted by molar-refractivity contribution is 6.01. The van der Waals surface area contributed by atoms with Gasteiger partial charge in [0.05, 0.1) is 0 Å². The highest BCUT2D eigenvalue weighted by Gasteiger charge is 2.12. The maximum absolute atomic E-state index is 11.8. The molecule has 1 aromatic heterocycles. The minimum Gasteiger partial charge on any atom is -0.294 e. The van der Waals surface area contributed by atoms with E-state index in [9.17, 15) is 4.79 Å². The fourth-order valence-corrected chi connectivity index (χ4v) is 2.39. The second kappa shape index (κ2) is 5.62. The molecule has 2 aromatic carbocycles. The first-order valence-corrected chi connectivity index (χ1v) is 6.72. The van der Waals surface area contributed by atoms with Gasteiger partial charge in [0.15, 0.2) is 11.5 Å². The Bertz CT molecular complexity index is 889. The maximum Gasteiger partial charge on any atom is 0.190 e. The van der Waals surface area contributed by atoms with E-state index in [0.717, 1.165) is 16.7 Å². The highest BCUT2D eigenvalue weighted by atomic mass is 16.1. The predicted molar refractivity (Wildman–Crippen MR) is 82.0 cm³/mol. The van der Waals surface area contributed by atoms with Crippen LogP contribution in [0.15, 0.2) is 48.5 Å². The Morgan fingerprint density at radius 2 is 1.86 bits per heavy atom. The number of nitrogens with zero attached hydrogens (tertiary/aromatic N) is 3. The normalized spacial score (nSPS) is 10.2. The van der Waals surface area contributed by atoms with E-state index in [4.69, 9.17) is 5.26 Å². The van der Waals surface area contributed by atoms with Crippen molar-refractivity contribution >= 4 is 5.78 Å². The van der Waals surface area contributed by atoms with Crippen molar-refractivity contribution in [1.29, 1.82) is 5.26 Å². The Kier molecular flexibility index (Phi) is 3.50. The van der Waals surface area contributed by atoms with Crippen LogP contribution >= 0.6 is 0 Å². The van der Waals surface area contributed by atoms with Crippen LogP contribution in [0.2, 0.25) is 0 Å². The lowest BCUT2D eigenvalue weighted by molar-refractivity contribution is 0.101. The quantitative estimate of drug-likeness (QED) is 0.750. The third-order valence-electron chi connectivity index (χ3n) is 3.41. The first-order chi connectivity index (χ1) is 10.7. The minimum atomic E-state index is 0.0140. The van der Waals surface area contributed by atoms with E-state index in [2.05, 4.69) is 15.4 Å². The molecule has 3 aromatic rings. The molecule has 5 heteroatoms. The Morgan fingerprint density at radius 1 is 1.09 bits per heavy atom. The number of ketones is 1. The largest absolute Gasteiger partial charge is 0.294 e. The average molecular weight is 288 g/mol. The van der Waals surface area contributed by atoms with Crippen molar-refractivity contribution in [3.8, 4) is 28.5 Å². The molecule has 0 saturated carbocycles.